The minimum Gasteiger partial charge on any atom is -0.373 e. The zero-order valence-electron chi connectivity index (χ0n) is 7.49. The average Bonchev–Trinajstić information content (AvgIpc) is 2.98. The van der Waals surface area contributed by atoms with E-state index in [1.807, 2.05) is 30.3 Å². The molecule has 1 aliphatic rings. The molecule has 1 fully saturated rings. The third kappa shape index (κ3) is 2.93. The molecule has 0 aliphatic carbocycles. The first-order valence-corrected chi connectivity index (χ1v) is 4.61. The van der Waals surface area contributed by atoms with Crippen LogP contribution >= 0.6 is 0 Å². The van der Waals surface area contributed by atoms with Crippen LogP contribution < -0.4 is 0 Å². The highest BCUT2D eigenvalue weighted by Gasteiger charge is 2.20. The molecule has 2 rings (SSSR count). The van der Waals surface area contributed by atoms with Crippen molar-refractivity contribution < 1.29 is 4.74 Å². The molecule has 1 aliphatic heterocycles. The fourth-order valence-corrected chi connectivity index (χ4v) is 1.15. The summed E-state index contributed by atoms with van der Waals surface area (Å²) in [6.07, 6.45) is 2.53. The maximum Gasteiger partial charge on any atom is 0.0819 e. The van der Waals surface area contributed by atoms with Crippen molar-refractivity contribution in [1.29, 1.82) is 0 Å². The summed E-state index contributed by atoms with van der Waals surface area (Å²) in [5.74, 6) is 6.27. The molecule has 1 atom stereocenters. The monoisotopic (exact) mass is 172 g/mol. The second-order valence-corrected chi connectivity index (χ2v) is 3.16. The van der Waals surface area contributed by atoms with E-state index in [2.05, 4.69) is 11.8 Å². The molecule has 0 amide bonds. The Morgan fingerprint density at radius 2 is 2.08 bits per heavy atom. The van der Waals surface area contributed by atoms with Crippen LogP contribution in [0.2, 0.25) is 0 Å². The summed E-state index contributed by atoms with van der Waals surface area (Å²) >= 11 is 0. The van der Waals surface area contributed by atoms with Crippen LogP contribution in [0.4, 0.5) is 0 Å². The van der Waals surface area contributed by atoms with Gasteiger partial charge in [0.1, 0.15) is 0 Å². The fraction of sp³-hybridized carbons (Fsp3) is 0.333. The predicted molar refractivity (Wildman–Crippen MR) is 52.3 cm³/mol. The number of hydrogen-bond donors (Lipinski definition) is 0. The minimum absolute atomic E-state index is 0.505. The molecule has 0 bridgehead atoms. The van der Waals surface area contributed by atoms with E-state index in [9.17, 15) is 0 Å². The van der Waals surface area contributed by atoms with Crippen molar-refractivity contribution in [3.8, 4) is 11.8 Å². The Bertz CT molecular complexity index is 314. The maximum atomic E-state index is 5.09. The Hall–Kier alpha value is -1.26. The molecule has 0 N–H and O–H groups in total. The van der Waals surface area contributed by atoms with Gasteiger partial charge in [0.2, 0.25) is 0 Å². The summed E-state index contributed by atoms with van der Waals surface area (Å²) in [5.41, 5.74) is 1.10. The van der Waals surface area contributed by atoms with E-state index in [1.54, 1.807) is 0 Å². The van der Waals surface area contributed by atoms with E-state index in [1.165, 1.54) is 0 Å². The van der Waals surface area contributed by atoms with Gasteiger partial charge >= 0.3 is 0 Å². The van der Waals surface area contributed by atoms with E-state index in [0.29, 0.717) is 6.10 Å². The Kier molecular flexibility index (Phi) is 2.64. The Morgan fingerprint density at radius 3 is 2.77 bits per heavy atom. The summed E-state index contributed by atoms with van der Waals surface area (Å²) in [5, 5.41) is 0. The molecule has 1 heterocycles. The van der Waals surface area contributed by atoms with Crippen molar-refractivity contribution >= 4 is 0 Å². The van der Waals surface area contributed by atoms with Gasteiger partial charge in [0.15, 0.2) is 0 Å². The van der Waals surface area contributed by atoms with Crippen molar-refractivity contribution in [2.75, 3.05) is 6.61 Å². The lowest BCUT2D eigenvalue weighted by atomic mass is 10.2. The molecule has 1 aromatic rings. The second-order valence-electron chi connectivity index (χ2n) is 3.16. The van der Waals surface area contributed by atoms with Crippen molar-refractivity contribution in [2.24, 2.45) is 0 Å². The largest absolute Gasteiger partial charge is 0.373 e. The first-order valence-electron chi connectivity index (χ1n) is 4.61. The van der Waals surface area contributed by atoms with Crippen LogP contribution in [0.5, 0.6) is 0 Å². The number of hydrogen-bond acceptors (Lipinski definition) is 1. The molecular formula is C12H12O. The summed E-state index contributed by atoms with van der Waals surface area (Å²) in [7, 11) is 0. The molecule has 0 radical (unpaired) electrons. The van der Waals surface area contributed by atoms with Crippen LogP contribution in [0.15, 0.2) is 30.3 Å². The SMILES string of the molecule is C(#Cc1ccccc1)CC[C@H]1CO1. The zero-order chi connectivity index (χ0) is 8.93. The van der Waals surface area contributed by atoms with E-state index >= 15 is 0 Å². The van der Waals surface area contributed by atoms with Gasteiger partial charge in [-0.2, -0.15) is 0 Å². The molecule has 1 nitrogen and oxygen atoms in total. The average molecular weight is 172 g/mol. The molecule has 0 saturated carbocycles. The van der Waals surface area contributed by atoms with Crippen LogP contribution in [0.25, 0.3) is 0 Å². The van der Waals surface area contributed by atoms with Crippen molar-refractivity contribution in [1.82, 2.24) is 0 Å². The molecule has 1 heteroatoms. The highest BCUT2D eigenvalue weighted by molar-refractivity contribution is 5.33. The van der Waals surface area contributed by atoms with E-state index in [-0.39, 0.29) is 0 Å². The molecule has 1 aromatic carbocycles. The number of rotatable bonds is 2. The van der Waals surface area contributed by atoms with Gasteiger partial charge in [-0.15, -0.1) is 0 Å². The summed E-state index contributed by atoms with van der Waals surface area (Å²) < 4.78 is 5.09. The zero-order valence-corrected chi connectivity index (χ0v) is 7.49. The lowest BCUT2D eigenvalue weighted by Crippen LogP contribution is -1.81. The second kappa shape index (κ2) is 4.11. The number of epoxide rings is 1. The van der Waals surface area contributed by atoms with Gasteiger partial charge in [0, 0.05) is 12.0 Å². The summed E-state index contributed by atoms with van der Waals surface area (Å²) in [4.78, 5) is 0. The Morgan fingerprint density at radius 1 is 1.31 bits per heavy atom. The van der Waals surface area contributed by atoms with Gasteiger partial charge in [0.05, 0.1) is 12.7 Å². The Labute approximate surface area is 78.7 Å². The molecule has 0 unspecified atom stereocenters. The van der Waals surface area contributed by atoms with E-state index in [4.69, 9.17) is 4.74 Å². The molecule has 0 aromatic heterocycles. The van der Waals surface area contributed by atoms with E-state index < -0.39 is 0 Å². The first kappa shape index (κ1) is 8.34. The van der Waals surface area contributed by atoms with Crippen LogP contribution in [0.3, 0.4) is 0 Å². The third-order valence-electron chi connectivity index (χ3n) is 2.00. The quantitative estimate of drug-likeness (QED) is 0.492. The fourth-order valence-electron chi connectivity index (χ4n) is 1.15. The van der Waals surface area contributed by atoms with Gasteiger partial charge in [-0.05, 0) is 18.6 Å². The molecule has 13 heavy (non-hydrogen) atoms. The predicted octanol–water partition coefficient (Wildman–Crippen LogP) is 2.22. The Balaban J connectivity index is 1.81. The van der Waals surface area contributed by atoms with Crippen LogP contribution in [-0.4, -0.2) is 12.7 Å². The summed E-state index contributed by atoms with van der Waals surface area (Å²) in [6.45, 7) is 0.938. The standard InChI is InChI=1S/C12H12O/c1-2-6-11(7-3-1)8-4-5-9-12-10-13-12/h1-3,6-7,12H,5,9-10H2/t12-/m0/s1. The molecule has 0 spiro atoms. The smallest absolute Gasteiger partial charge is 0.0819 e. The lowest BCUT2D eigenvalue weighted by Gasteiger charge is -1.87. The maximum absolute atomic E-state index is 5.09. The third-order valence-corrected chi connectivity index (χ3v) is 2.00. The van der Waals surface area contributed by atoms with Gasteiger partial charge in [-0.1, -0.05) is 30.0 Å². The van der Waals surface area contributed by atoms with Gasteiger partial charge in [-0.25, -0.2) is 0 Å². The normalized spacial score (nSPS) is 18.9. The first-order chi connectivity index (χ1) is 6.45. The summed E-state index contributed by atoms with van der Waals surface area (Å²) in [6, 6.07) is 10.1. The van der Waals surface area contributed by atoms with E-state index in [0.717, 1.165) is 25.0 Å². The van der Waals surface area contributed by atoms with Gasteiger partial charge in [0.25, 0.3) is 0 Å². The highest BCUT2D eigenvalue weighted by atomic mass is 16.6. The van der Waals surface area contributed by atoms with Crippen LogP contribution in [-0.2, 0) is 4.74 Å². The van der Waals surface area contributed by atoms with Gasteiger partial charge in [-0.3, -0.25) is 0 Å². The van der Waals surface area contributed by atoms with Crippen molar-refractivity contribution in [3.05, 3.63) is 35.9 Å². The van der Waals surface area contributed by atoms with Gasteiger partial charge < -0.3 is 4.74 Å². The van der Waals surface area contributed by atoms with Crippen LogP contribution in [0.1, 0.15) is 18.4 Å². The minimum atomic E-state index is 0.505. The van der Waals surface area contributed by atoms with Crippen molar-refractivity contribution in [2.45, 2.75) is 18.9 Å². The number of ether oxygens (including phenoxy) is 1. The topological polar surface area (TPSA) is 12.5 Å². The molecule has 66 valence electrons. The number of benzene rings is 1. The lowest BCUT2D eigenvalue weighted by molar-refractivity contribution is 0.399. The molecule has 1 saturated heterocycles. The highest BCUT2D eigenvalue weighted by Crippen LogP contribution is 2.14. The van der Waals surface area contributed by atoms with Crippen LogP contribution in [0, 0.1) is 11.8 Å². The van der Waals surface area contributed by atoms with Crippen molar-refractivity contribution in [3.63, 3.8) is 0 Å². The molecular weight excluding hydrogens is 160 g/mol.